The monoisotopic (exact) mass is 394 g/mol. The fourth-order valence-electron chi connectivity index (χ4n) is 3.03. The highest BCUT2D eigenvalue weighted by molar-refractivity contribution is 6.30. The molecule has 0 spiro atoms. The number of fused-ring (bicyclic) bond motifs is 1. The van der Waals surface area contributed by atoms with E-state index in [-0.39, 0.29) is 17.9 Å². The fourth-order valence-corrected chi connectivity index (χ4v) is 3.15. The van der Waals surface area contributed by atoms with Crippen molar-refractivity contribution in [3.8, 4) is 0 Å². The first-order valence-electron chi connectivity index (χ1n) is 9.35. The average Bonchev–Trinajstić information content (AvgIpc) is 2.71. The molecule has 0 aliphatic heterocycles. The summed E-state index contributed by atoms with van der Waals surface area (Å²) in [6, 6.07) is 21.0. The van der Waals surface area contributed by atoms with Crippen LogP contribution in [0.4, 0.5) is 0 Å². The van der Waals surface area contributed by atoms with Crippen molar-refractivity contribution in [2.45, 2.75) is 25.8 Å². The van der Waals surface area contributed by atoms with E-state index in [4.69, 9.17) is 11.6 Å². The Bertz CT molecular complexity index is 970. The predicted octanol–water partition coefficient (Wildman–Crippen LogP) is 4.88. The number of nitrogens with one attached hydrogen (secondary N) is 2. The molecule has 5 heteroatoms. The molecule has 0 radical (unpaired) electrons. The van der Waals surface area contributed by atoms with Crippen LogP contribution in [0.5, 0.6) is 0 Å². The van der Waals surface area contributed by atoms with Crippen LogP contribution in [0.25, 0.3) is 10.8 Å². The van der Waals surface area contributed by atoms with E-state index < -0.39 is 0 Å². The summed E-state index contributed by atoms with van der Waals surface area (Å²) in [4.78, 5) is 24.2. The summed E-state index contributed by atoms with van der Waals surface area (Å²) in [5.74, 6) is -0.192. The molecule has 0 heterocycles. The van der Waals surface area contributed by atoms with E-state index in [1.807, 2.05) is 25.1 Å². The van der Waals surface area contributed by atoms with Gasteiger partial charge in [-0.3, -0.25) is 9.59 Å². The van der Waals surface area contributed by atoms with Crippen molar-refractivity contribution < 1.29 is 9.59 Å². The Balaban J connectivity index is 1.43. The van der Waals surface area contributed by atoms with E-state index in [9.17, 15) is 9.59 Å². The lowest BCUT2D eigenvalue weighted by Crippen LogP contribution is -2.29. The lowest BCUT2D eigenvalue weighted by atomic mass is 10.0. The van der Waals surface area contributed by atoms with Gasteiger partial charge in [0.05, 0.1) is 6.04 Å². The standard InChI is InChI=1S/C23H23ClN2O2/c1-16(19-9-8-17-5-2-3-6-20(17)15-19)26-22(27)7-4-14-25-23(28)18-10-12-21(24)13-11-18/h2-3,5-6,8-13,15-16H,4,7,14H2,1H3,(H,25,28)(H,26,27). The van der Waals surface area contributed by atoms with Crippen molar-refractivity contribution in [1.29, 1.82) is 0 Å². The van der Waals surface area contributed by atoms with E-state index in [1.54, 1.807) is 24.3 Å². The Morgan fingerprint density at radius 3 is 2.43 bits per heavy atom. The van der Waals surface area contributed by atoms with Crippen LogP contribution >= 0.6 is 11.6 Å². The summed E-state index contributed by atoms with van der Waals surface area (Å²) >= 11 is 5.82. The summed E-state index contributed by atoms with van der Waals surface area (Å²) in [5.41, 5.74) is 1.63. The maximum Gasteiger partial charge on any atom is 0.251 e. The zero-order chi connectivity index (χ0) is 19.9. The molecular weight excluding hydrogens is 372 g/mol. The fraction of sp³-hybridized carbons (Fsp3) is 0.217. The number of carbonyl (C=O) groups excluding carboxylic acids is 2. The van der Waals surface area contributed by atoms with Crippen LogP contribution in [0, 0.1) is 0 Å². The molecule has 0 saturated heterocycles. The van der Waals surface area contributed by atoms with Gasteiger partial charge in [-0.1, -0.05) is 48.0 Å². The maximum absolute atomic E-state index is 12.2. The average molecular weight is 395 g/mol. The van der Waals surface area contributed by atoms with Gasteiger partial charge in [0.15, 0.2) is 0 Å². The van der Waals surface area contributed by atoms with Gasteiger partial charge in [-0.15, -0.1) is 0 Å². The normalized spacial score (nSPS) is 11.8. The van der Waals surface area contributed by atoms with Crippen molar-refractivity contribution in [3.05, 3.63) is 82.9 Å². The highest BCUT2D eigenvalue weighted by Gasteiger charge is 2.10. The van der Waals surface area contributed by atoms with Gasteiger partial charge in [0.1, 0.15) is 0 Å². The molecule has 2 N–H and O–H groups in total. The van der Waals surface area contributed by atoms with Crippen molar-refractivity contribution >= 4 is 34.2 Å². The SMILES string of the molecule is CC(NC(=O)CCCNC(=O)c1ccc(Cl)cc1)c1ccc2ccccc2c1. The van der Waals surface area contributed by atoms with Crippen LogP contribution in [-0.2, 0) is 4.79 Å². The smallest absolute Gasteiger partial charge is 0.251 e. The third-order valence-electron chi connectivity index (χ3n) is 4.62. The first-order valence-corrected chi connectivity index (χ1v) is 9.72. The van der Waals surface area contributed by atoms with E-state index in [1.165, 1.54) is 5.39 Å². The largest absolute Gasteiger partial charge is 0.352 e. The minimum atomic E-state index is -0.165. The van der Waals surface area contributed by atoms with Crippen LogP contribution in [0.1, 0.15) is 41.7 Å². The highest BCUT2D eigenvalue weighted by Crippen LogP contribution is 2.20. The number of halogens is 1. The molecule has 4 nitrogen and oxygen atoms in total. The molecular formula is C23H23ClN2O2. The molecule has 0 bridgehead atoms. The van der Waals surface area contributed by atoms with Gasteiger partial charge in [0.2, 0.25) is 5.91 Å². The lowest BCUT2D eigenvalue weighted by molar-refractivity contribution is -0.121. The second-order valence-electron chi connectivity index (χ2n) is 6.76. The molecule has 3 aromatic rings. The molecule has 0 aliphatic rings. The summed E-state index contributed by atoms with van der Waals surface area (Å²) in [7, 11) is 0. The van der Waals surface area contributed by atoms with Crippen LogP contribution in [0.2, 0.25) is 5.02 Å². The summed E-state index contributed by atoms with van der Waals surface area (Å²) in [6.07, 6.45) is 0.939. The Morgan fingerprint density at radius 2 is 1.68 bits per heavy atom. The number of hydrogen-bond donors (Lipinski definition) is 2. The third kappa shape index (κ3) is 5.33. The molecule has 3 rings (SSSR count). The van der Waals surface area contributed by atoms with Crippen molar-refractivity contribution in [2.75, 3.05) is 6.54 Å². The molecule has 0 aromatic heterocycles. The molecule has 3 aromatic carbocycles. The van der Waals surface area contributed by atoms with Crippen molar-refractivity contribution in [3.63, 3.8) is 0 Å². The van der Waals surface area contributed by atoms with Crippen LogP contribution < -0.4 is 10.6 Å². The second-order valence-corrected chi connectivity index (χ2v) is 7.20. The van der Waals surface area contributed by atoms with Crippen LogP contribution in [0.3, 0.4) is 0 Å². The summed E-state index contributed by atoms with van der Waals surface area (Å²) in [5, 5.41) is 8.77. The van der Waals surface area contributed by atoms with Crippen molar-refractivity contribution in [2.24, 2.45) is 0 Å². The Hall–Kier alpha value is -2.85. The Kier molecular flexibility index (Phi) is 6.66. The van der Waals surface area contributed by atoms with Crippen molar-refractivity contribution in [1.82, 2.24) is 10.6 Å². The Morgan fingerprint density at radius 1 is 0.964 bits per heavy atom. The van der Waals surface area contributed by atoms with E-state index >= 15 is 0 Å². The first-order chi connectivity index (χ1) is 13.5. The van der Waals surface area contributed by atoms with Gasteiger partial charge in [-0.25, -0.2) is 0 Å². The highest BCUT2D eigenvalue weighted by atomic mass is 35.5. The molecule has 0 saturated carbocycles. The molecule has 28 heavy (non-hydrogen) atoms. The third-order valence-corrected chi connectivity index (χ3v) is 4.88. The van der Waals surface area contributed by atoms with Gasteiger partial charge in [-0.2, -0.15) is 0 Å². The molecule has 2 amide bonds. The summed E-state index contributed by atoms with van der Waals surface area (Å²) in [6.45, 7) is 2.42. The van der Waals surface area contributed by atoms with Crippen LogP contribution in [0.15, 0.2) is 66.7 Å². The molecule has 0 aliphatic carbocycles. The van der Waals surface area contributed by atoms with Gasteiger partial charge >= 0.3 is 0 Å². The number of benzene rings is 3. The minimum Gasteiger partial charge on any atom is -0.352 e. The van der Waals surface area contributed by atoms with Gasteiger partial charge in [0, 0.05) is 23.6 Å². The lowest BCUT2D eigenvalue weighted by Gasteiger charge is -2.15. The first kappa shape index (κ1) is 19.9. The molecule has 1 unspecified atom stereocenters. The van der Waals surface area contributed by atoms with Gasteiger partial charge in [-0.05, 0) is 60.0 Å². The number of carbonyl (C=O) groups is 2. The van der Waals surface area contributed by atoms with Crippen LogP contribution in [-0.4, -0.2) is 18.4 Å². The molecule has 1 atom stereocenters. The van der Waals surface area contributed by atoms with E-state index in [2.05, 4.69) is 34.9 Å². The number of amides is 2. The topological polar surface area (TPSA) is 58.2 Å². The van der Waals surface area contributed by atoms with E-state index in [0.29, 0.717) is 30.0 Å². The predicted molar refractivity (Wildman–Crippen MR) is 114 cm³/mol. The minimum absolute atomic E-state index is 0.0265. The Labute approximate surface area is 169 Å². The van der Waals surface area contributed by atoms with E-state index in [0.717, 1.165) is 10.9 Å². The zero-order valence-corrected chi connectivity index (χ0v) is 16.5. The quantitative estimate of drug-likeness (QED) is 0.561. The molecule has 0 fully saturated rings. The number of hydrogen-bond acceptors (Lipinski definition) is 2. The summed E-state index contributed by atoms with van der Waals surface area (Å²) < 4.78 is 0. The second kappa shape index (κ2) is 9.38. The van der Waals surface area contributed by atoms with Gasteiger partial charge in [0.25, 0.3) is 5.91 Å². The maximum atomic E-state index is 12.2. The zero-order valence-electron chi connectivity index (χ0n) is 15.7. The number of rotatable bonds is 7. The van der Waals surface area contributed by atoms with Gasteiger partial charge < -0.3 is 10.6 Å². The molecule has 144 valence electrons.